The van der Waals surface area contributed by atoms with Gasteiger partial charge in [-0.05, 0) is 66.2 Å². The number of nitrogens with one attached hydrogen (secondary N) is 1. The zero-order chi connectivity index (χ0) is 22.7. The van der Waals surface area contributed by atoms with Crippen LogP contribution in [-0.4, -0.2) is 86.1 Å². The average Bonchev–Trinajstić information content (AvgIpc) is 3.42. The van der Waals surface area contributed by atoms with Gasteiger partial charge in [-0.15, -0.1) is 24.0 Å². The maximum Gasteiger partial charge on any atom is 0.410 e. The maximum absolute atomic E-state index is 12.8. The third-order valence-corrected chi connectivity index (χ3v) is 8.02. The normalized spacial score (nSPS) is 18.9. The summed E-state index contributed by atoms with van der Waals surface area (Å²) in [6, 6.07) is 0.155. The molecular formula is C21H41IN4O4S. The first-order valence-electron chi connectivity index (χ1n) is 10.9. The van der Waals surface area contributed by atoms with Crippen LogP contribution in [0.2, 0.25) is 0 Å². The van der Waals surface area contributed by atoms with Gasteiger partial charge >= 0.3 is 6.09 Å². The Morgan fingerprint density at radius 1 is 1.13 bits per heavy atom. The largest absolute Gasteiger partial charge is 0.444 e. The Labute approximate surface area is 205 Å². The lowest BCUT2D eigenvalue weighted by atomic mass is 10.0. The summed E-state index contributed by atoms with van der Waals surface area (Å²) in [6.07, 6.45) is 5.08. The number of hydrogen-bond acceptors (Lipinski definition) is 5. The predicted molar refractivity (Wildman–Crippen MR) is 136 cm³/mol. The highest BCUT2D eigenvalue weighted by Gasteiger charge is 2.36. The van der Waals surface area contributed by atoms with Crippen molar-refractivity contribution in [2.75, 3.05) is 39.5 Å². The van der Waals surface area contributed by atoms with Gasteiger partial charge in [-0.25, -0.2) is 13.2 Å². The van der Waals surface area contributed by atoms with Crippen LogP contribution in [0.3, 0.4) is 0 Å². The first kappa shape index (κ1) is 28.3. The highest BCUT2D eigenvalue weighted by atomic mass is 127. The smallest absolute Gasteiger partial charge is 0.410 e. The van der Waals surface area contributed by atoms with Crippen LogP contribution in [0.25, 0.3) is 0 Å². The second-order valence-corrected chi connectivity index (χ2v) is 12.9. The molecule has 1 saturated carbocycles. The quantitative estimate of drug-likeness (QED) is 0.299. The molecule has 0 aromatic carbocycles. The van der Waals surface area contributed by atoms with Gasteiger partial charge in [0.2, 0.25) is 0 Å². The number of amides is 1. The van der Waals surface area contributed by atoms with Gasteiger partial charge in [0.05, 0.1) is 4.75 Å². The third-order valence-electron chi connectivity index (χ3n) is 5.87. The zero-order valence-corrected chi connectivity index (χ0v) is 23.2. The van der Waals surface area contributed by atoms with Crippen molar-refractivity contribution in [2.24, 2.45) is 10.9 Å². The molecule has 8 nitrogen and oxygen atoms in total. The van der Waals surface area contributed by atoms with E-state index >= 15 is 0 Å². The van der Waals surface area contributed by atoms with Gasteiger partial charge < -0.3 is 19.9 Å². The highest BCUT2D eigenvalue weighted by molar-refractivity contribution is 14.0. The van der Waals surface area contributed by atoms with Gasteiger partial charge in [0.1, 0.15) is 5.60 Å². The second-order valence-electron chi connectivity index (χ2n) is 10.2. The fraction of sp³-hybridized carbons (Fsp3) is 0.905. The number of carbonyl (C=O) groups excluding carboxylic acids is 1. The van der Waals surface area contributed by atoms with Crippen LogP contribution >= 0.6 is 24.0 Å². The van der Waals surface area contributed by atoms with Gasteiger partial charge in [0.25, 0.3) is 0 Å². The van der Waals surface area contributed by atoms with Crippen LogP contribution in [0.5, 0.6) is 0 Å². The molecule has 1 heterocycles. The first-order chi connectivity index (χ1) is 13.7. The number of sulfone groups is 1. The van der Waals surface area contributed by atoms with E-state index in [9.17, 15) is 13.2 Å². The number of aliphatic imine (C=N–C) groups is 1. The van der Waals surface area contributed by atoms with Crippen LogP contribution in [0.4, 0.5) is 4.79 Å². The van der Waals surface area contributed by atoms with Crippen LogP contribution in [0, 0.1) is 5.92 Å². The van der Waals surface area contributed by atoms with Crippen molar-refractivity contribution in [1.29, 1.82) is 0 Å². The number of ether oxygens (including phenoxy) is 1. The minimum atomic E-state index is -3.18. The molecule has 182 valence electrons. The van der Waals surface area contributed by atoms with Gasteiger partial charge in [-0.3, -0.25) is 4.99 Å². The molecule has 0 aromatic rings. The molecular weight excluding hydrogens is 531 g/mol. The SMILES string of the molecule is CN=C(NCC(C)(C)S(C)(=O)=O)N1CCC(N(CC2CC2)C(=O)OC(C)(C)C)CC1.I. The number of hydrogen-bond donors (Lipinski definition) is 1. The summed E-state index contributed by atoms with van der Waals surface area (Å²) in [6.45, 7) is 11.7. The van der Waals surface area contributed by atoms with Gasteiger partial charge in [0, 0.05) is 45.5 Å². The van der Waals surface area contributed by atoms with E-state index in [2.05, 4.69) is 15.2 Å². The number of nitrogens with zero attached hydrogens (tertiary/aromatic N) is 3. The molecule has 1 N–H and O–H groups in total. The van der Waals surface area contributed by atoms with Crippen molar-refractivity contribution in [3.05, 3.63) is 0 Å². The summed E-state index contributed by atoms with van der Waals surface area (Å²) in [5.74, 6) is 1.30. The predicted octanol–water partition coefficient (Wildman–Crippen LogP) is 3.11. The van der Waals surface area contributed by atoms with E-state index in [4.69, 9.17) is 4.74 Å². The lowest BCUT2D eigenvalue weighted by Gasteiger charge is -2.40. The molecule has 10 heteroatoms. The molecule has 0 bridgehead atoms. The summed E-state index contributed by atoms with van der Waals surface area (Å²) >= 11 is 0. The molecule has 1 aliphatic heterocycles. The van der Waals surface area contributed by atoms with Crippen molar-refractivity contribution in [3.63, 3.8) is 0 Å². The molecule has 2 aliphatic rings. The Balaban J connectivity index is 0.00000480. The zero-order valence-electron chi connectivity index (χ0n) is 20.1. The van der Waals surface area contributed by atoms with E-state index in [1.165, 1.54) is 19.1 Å². The molecule has 1 saturated heterocycles. The molecule has 0 spiro atoms. The highest BCUT2D eigenvalue weighted by Crippen LogP contribution is 2.32. The Bertz CT molecular complexity index is 737. The van der Waals surface area contributed by atoms with Crippen molar-refractivity contribution in [1.82, 2.24) is 15.1 Å². The van der Waals surface area contributed by atoms with E-state index in [0.717, 1.165) is 32.5 Å². The lowest BCUT2D eigenvalue weighted by Crippen LogP contribution is -2.54. The van der Waals surface area contributed by atoms with Crippen LogP contribution in [0.1, 0.15) is 60.3 Å². The Morgan fingerprint density at radius 2 is 1.68 bits per heavy atom. The lowest BCUT2D eigenvalue weighted by molar-refractivity contribution is 0.00928. The van der Waals surface area contributed by atoms with Gasteiger partial charge in [-0.1, -0.05) is 0 Å². The first-order valence-corrected chi connectivity index (χ1v) is 12.8. The monoisotopic (exact) mass is 572 g/mol. The van der Waals surface area contributed by atoms with Crippen molar-refractivity contribution >= 4 is 45.9 Å². The number of likely N-dealkylation sites (tertiary alicyclic amines) is 1. The van der Waals surface area contributed by atoms with E-state index in [0.29, 0.717) is 18.4 Å². The summed E-state index contributed by atoms with van der Waals surface area (Å²) in [5, 5.41) is 3.22. The standard InChI is InChI=1S/C21H40N4O4S.HI/c1-20(2,3)29-19(26)25(14-16-8-9-16)17-10-12-24(13-11-17)18(22-6)23-15-21(4,5)30(7,27)28;/h16-17H,8-15H2,1-7H3,(H,22,23);1H. The molecule has 0 aromatic heterocycles. The number of rotatable bonds is 6. The Hall–Kier alpha value is -0.780. The Kier molecular flexibility index (Phi) is 9.93. The number of carbonyl (C=O) groups is 1. The minimum absolute atomic E-state index is 0. The van der Waals surface area contributed by atoms with Crippen molar-refractivity contribution in [2.45, 2.75) is 76.7 Å². The van der Waals surface area contributed by atoms with E-state index in [1.807, 2.05) is 25.7 Å². The van der Waals surface area contributed by atoms with Crippen LogP contribution in [-0.2, 0) is 14.6 Å². The minimum Gasteiger partial charge on any atom is -0.444 e. The number of halogens is 1. The third kappa shape index (κ3) is 8.58. The van der Waals surface area contributed by atoms with E-state index < -0.39 is 20.2 Å². The molecule has 2 rings (SSSR count). The molecule has 0 unspecified atom stereocenters. The molecule has 31 heavy (non-hydrogen) atoms. The fourth-order valence-corrected chi connectivity index (χ4v) is 3.75. The molecule has 1 aliphatic carbocycles. The molecule has 0 radical (unpaired) electrons. The van der Waals surface area contributed by atoms with E-state index in [-0.39, 0.29) is 36.1 Å². The topological polar surface area (TPSA) is 91.3 Å². The summed E-state index contributed by atoms with van der Waals surface area (Å²) < 4.78 is 28.7. The second kappa shape index (κ2) is 10.9. The van der Waals surface area contributed by atoms with Gasteiger partial charge in [0.15, 0.2) is 15.8 Å². The summed E-state index contributed by atoms with van der Waals surface area (Å²) in [4.78, 5) is 21.2. The Morgan fingerprint density at radius 3 is 2.10 bits per heavy atom. The number of piperidine rings is 1. The van der Waals surface area contributed by atoms with Gasteiger partial charge in [-0.2, -0.15) is 0 Å². The van der Waals surface area contributed by atoms with Crippen LogP contribution < -0.4 is 5.32 Å². The van der Waals surface area contributed by atoms with Crippen molar-refractivity contribution in [3.8, 4) is 0 Å². The number of guanidine groups is 1. The average molecular weight is 573 g/mol. The van der Waals surface area contributed by atoms with E-state index in [1.54, 1.807) is 20.9 Å². The summed E-state index contributed by atoms with van der Waals surface area (Å²) in [7, 11) is -1.47. The fourth-order valence-electron chi connectivity index (χ4n) is 3.42. The molecule has 1 amide bonds. The van der Waals surface area contributed by atoms with Crippen LogP contribution in [0.15, 0.2) is 4.99 Å². The molecule has 2 fully saturated rings. The maximum atomic E-state index is 12.8. The van der Waals surface area contributed by atoms with Crippen molar-refractivity contribution < 1.29 is 17.9 Å². The summed E-state index contributed by atoms with van der Waals surface area (Å²) in [5.41, 5.74) is -0.502. The molecule has 0 atom stereocenters.